The summed E-state index contributed by atoms with van der Waals surface area (Å²) in [5.41, 5.74) is -0.823. The molecule has 0 spiro atoms. The second kappa shape index (κ2) is 6.12. The van der Waals surface area contributed by atoms with E-state index in [9.17, 15) is 18.0 Å². The van der Waals surface area contributed by atoms with E-state index in [2.05, 4.69) is 11.3 Å². The van der Waals surface area contributed by atoms with Crippen LogP contribution in [0.3, 0.4) is 0 Å². The summed E-state index contributed by atoms with van der Waals surface area (Å²) in [7, 11) is -3.51. The van der Waals surface area contributed by atoms with Crippen LogP contribution < -0.4 is 0 Å². The monoisotopic (exact) mass is 360 g/mol. The molecule has 2 saturated carbocycles. The number of ether oxygens (including phenoxy) is 3. The predicted octanol–water partition coefficient (Wildman–Crippen LogP) is 0.171. The molecular formula is C15H20O8S. The van der Waals surface area contributed by atoms with Gasteiger partial charge in [-0.05, 0) is 25.7 Å². The second-order valence-electron chi connectivity index (χ2n) is 6.46. The summed E-state index contributed by atoms with van der Waals surface area (Å²) in [4.78, 5) is 22.2. The highest BCUT2D eigenvalue weighted by Gasteiger charge is 2.70. The quantitative estimate of drug-likeness (QED) is 0.274. The van der Waals surface area contributed by atoms with Crippen LogP contribution in [0.4, 0.5) is 0 Å². The summed E-state index contributed by atoms with van der Waals surface area (Å²) in [6.07, 6.45) is 1.97. The van der Waals surface area contributed by atoms with Gasteiger partial charge in [0.2, 0.25) is 0 Å². The minimum Gasteiger partial charge on any atom is -0.461 e. The molecule has 2 bridgehead atoms. The molecule has 1 heterocycles. The first-order valence-corrected chi connectivity index (χ1v) is 9.26. The summed E-state index contributed by atoms with van der Waals surface area (Å²) in [5, 5.41) is -0.412. The summed E-state index contributed by atoms with van der Waals surface area (Å²) in [6, 6.07) is 0. The first kappa shape index (κ1) is 17.4. The van der Waals surface area contributed by atoms with Gasteiger partial charge in [-0.2, -0.15) is 8.42 Å². The molecule has 8 nitrogen and oxygen atoms in total. The predicted molar refractivity (Wildman–Crippen MR) is 80.3 cm³/mol. The van der Waals surface area contributed by atoms with Gasteiger partial charge in [-0.15, -0.1) is 0 Å². The Bertz CT molecular complexity index is 656. The fourth-order valence-electron chi connectivity index (χ4n) is 4.17. The van der Waals surface area contributed by atoms with E-state index < -0.39 is 39.5 Å². The molecule has 2 aliphatic carbocycles. The molecule has 3 fully saturated rings. The first-order chi connectivity index (χ1) is 11.3. The highest BCUT2D eigenvalue weighted by molar-refractivity contribution is 7.87. The Morgan fingerprint density at radius 3 is 2.75 bits per heavy atom. The molecule has 5 unspecified atom stereocenters. The molecule has 3 rings (SSSR count). The van der Waals surface area contributed by atoms with Gasteiger partial charge < -0.3 is 14.2 Å². The van der Waals surface area contributed by atoms with Crippen molar-refractivity contribution in [3.05, 3.63) is 12.7 Å². The Morgan fingerprint density at radius 1 is 1.29 bits per heavy atom. The lowest BCUT2D eigenvalue weighted by Crippen LogP contribution is -2.46. The largest absolute Gasteiger partial charge is 0.461 e. The molecular weight excluding hydrogens is 340 g/mol. The lowest BCUT2D eigenvalue weighted by Gasteiger charge is -2.33. The first-order valence-electron chi connectivity index (χ1n) is 7.79. The SMILES string of the molecule is C=CC(=O)OCC(=O)OCCOC1C2CC3C(C2)S(=O)(=O)OC31C. The number of esters is 2. The molecule has 0 aromatic rings. The molecule has 0 amide bonds. The van der Waals surface area contributed by atoms with Crippen molar-refractivity contribution in [3.63, 3.8) is 0 Å². The molecule has 134 valence electrons. The molecule has 3 aliphatic rings. The van der Waals surface area contributed by atoms with E-state index in [0.29, 0.717) is 6.42 Å². The minimum atomic E-state index is -3.51. The second-order valence-corrected chi connectivity index (χ2v) is 8.22. The van der Waals surface area contributed by atoms with Gasteiger partial charge in [0.05, 0.1) is 18.0 Å². The Labute approximate surface area is 140 Å². The smallest absolute Gasteiger partial charge is 0.344 e. The highest BCUT2D eigenvalue weighted by Crippen LogP contribution is 2.61. The molecule has 1 aliphatic heterocycles. The maximum absolute atomic E-state index is 12.0. The van der Waals surface area contributed by atoms with Gasteiger partial charge in [-0.1, -0.05) is 6.58 Å². The fourth-order valence-corrected chi connectivity index (χ4v) is 6.28. The van der Waals surface area contributed by atoms with Crippen molar-refractivity contribution >= 4 is 22.1 Å². The third kappa shape index (κ3) is 2.84. The minimum absolute atomic E-state index is 0.00931. The number of hydrogen-bond donors (Lipinski definition) is 0. The standard InChI is InChI=1S/C15H20O8S/c1-3-12(16)22-8-13(17)20-4-5-21-14-9-6-10-11(7-9)24(18,19)23-15(10,14)2/h3,9-11,14H,1,4-8H2,2H3. The van der Waals surface area contributed by atoms with Gasteiger partial charge in [0.1, 0.15) is 12.2 Å². The number of carbonyl (C=O) groups is 2. The van der Waals surface area contributed by atoms with Crippen molar-refractivity contribution in [2.75, 3.05) is 19.8 Å². The van der Waals surface area contributed by atoms with Crippen LogP contribution >= 0.6 is 0 Å². The maximum Gasteiger partial charge on any atom is 0.344 e. The van der Waals surface area contributed by atoms with Crippen molar-refractivity contribution in [2.45, 2.75) is 36.7 Å². The third-order valence-electron chi connectivity index (χ3n) is 5.08. The van der Waals surface area contributed by atoms with Crippen molar-refractivity contribution in [3.8, 4) is 0 Å². The Kier molecular flexibility index (Phi) is 4.43. The molecule has 1 saturated heterocycles. The van der Waals surface area contributed by atoms with Crippen molar-refractivity contribution in [2.24, 2.45) is 11.8 Å². The normalized spacial score (nSPS) is 38.0. The maximum atomic E-state index is 12.0. The van der Waals surface area contributed by atoms with Crippen LogP contribution in [0.15, 0.2) is 12.7 Å². The van der Waals surface area contributed by atoms with Crippen molar-refractivity contribution in [1.29, 1.82) is 0 Å². The number of hydrogen-bond acceptors (Lipinski definition) is 8. The van der Waals surface area contributed by atoms with Crippen LogP contribution in [0, 0.1) is 11.8 Å². The van der Waals surface area contributed by atoms with Gasteiger partial charge in [0, 0.05) is 12.0 Å². The Balaban J connectivity index is 1.45. The van der Waals surface area contributed by atoms with Crippen LogP contribution in [0.2, 0.25) is 0 Å². The van der Waals surface area contributed by atoms with Gasteiger partial charge in [0.25, 0.3) is 10.1 Å². The summed E-state index contributed by atoms with van der Waals surface area (Å²) < 4.78 is 44.6. The van der Waals surface area contributed by atoms with Crippen LogP contribution in [0.5, 0.6) is 0 Å². The molecule has 5 atom stereocenters. The topological polar surface area (TPSA) is 105 Å². The van der Waals surface area contributed by atoms with Crippen LogP contribution in [0.25, 0.3) is 0 Å². The van der Waals surface area contributed by atoms with Crippen LogP contribution in [0.1, 0.15) is 19.8 Å². The zero-order valence-electron chi connectivity index (χ0n) is 13.3. The van der Waals surface area contributed by atoms with Crippen LogP contribution in [-0.4, -0.2) is 57.1 Å². The zero-order chi connectivity index (χ0) is 17.5. The van der Waals surface area contributed by atoms with Gasteiger partial charge in [-0.3, -0.25) is 4.18 Å². The lowest BCUT2D eigenvalue weighted by molar-refractivity contribution is -0.159. The average molecular weight is 360 g/mol. The Morgan fingerprint density at radius 2 is 2.04 bits per heavy atom. The summed E-state index contributed by atoms with van der Waals surface area (Å²) in [5.74, 6) is -1.27. The van der Waals surface area contributed by atoms with E-state index in [1.165, 1.54) is 0 Å². The molecule has 0 aromatic carbocycles. The van der Waals surface area contributed by atoms with E-state index in [0.717, 1.165) is 12.5 Å². The molecule has 0 aromatic heterocycles. The lowest BCUT2D eigenvalue weighted by atomic mass is 9.83. The molecule has 0 N–H and O–H groups in total. The number of carbonyl (C=O) groups excluding carboxylic acids is 2. The van der Waals surface area contributed by atoms with E-state index in [4.69, 9.17) is 13.7 Å². The molecule has 9 heteroatoms. The number of rotatable bonds is 7. The van der Waals surface area contributed by atoms with Gasteiger partial charge in [-0.25, -0.2) is 9.59 Å². The number of fused-ring (bicyclic) bond motifs is 1. The van der Waals surface area contributed by atoms with Crippen molar-refractivity contribution < 1.29 is 36.4 Å². The third-order valence-corrected chi connectivity index (χ3v) is 6.93. The zero-order valence-corrected chi connectivity index (χ0v) is 14.1. The highest BCUT2D eigenvalue weighted by atomic mass is 32.2. The van der Waals surface area contributed by atoms with E-state index in [1.807, 2.05) is 0 Å². The van der Waals surface area contributed by atoms with Crippen LogP contribution in [-0.2, 0) is 38.1 Å². The fraction of sp³-hybridized carbons (Fsp3) is 0.733. The molecule has 24 heavy (non-hydrogen) atoms. The summed E-state index contributed by atoms with van der Waals surface area (Å²) >= 11 is 0. The molecule has 0 radical (unpaired) electrons. The average Bonchev–Trinajstić information content (AvgIpc) is 3.10. The van der Waals surface area contributed by atoms with E-state index in [1.54, 1.807) is 6.92 Å². The van der Waals surface area contributed by atoms with Gasteiger partial charge >= 0.3 is 11.9 Å². The van der Waals surface area contributed by atoms with Crippen molar-refractivity contribution in [1.82, 2.24) is 0 Å². The Hall–Kier alpha value is -1.45. The van der Waals surface area contributed by atoms with E-state index >= 15 is 0 Å². The van der Waals surface area contributed by atoms with Gasteiger partial charge in [0.15, 0.2) is 6.61 Å². The summed E-state index contributed by atoms with van der Waals surface area (Å²) in [6.45, 7) is 4.62. The van der Waals surface area contributed by atoms with E-state index in [-0.39, 0.29) is 31.2 Å².